The van der Waals surface area contributed by atoms with Crippen molar-refractivity contribution in [3.63, 3.8) is 0 Å². The highest BCUT2D eigenvalue weighted by molar-refractivity contribution is 5.80. The molecular formula is C22H35N3O4. The van der Waals surface area contributed by atoms with E-state index in [0.717, 1.165) is 69.2 Å². The summed E-state index contributed by atoms with van der Waals surface area (Å²) in [5.41, 5.74) is 2.55. The Morgan fingerprint density at radius 3 is 2.45 bits per heavy atom. The smallest absolute Gasteiger partial charge is 0.305 e. The summed E-state index contributed by atoms with van der Waals surface area (Å²) in [6.07, 6.45) is 5.54. The van der Waals surface area contributed by atoms with Crippen LogP contribution in [0, 0.1) is 0 Å². The number of carbonyl (C=O) groups excluding carboxylic acids is 1. The number of carbonyl (C=O) groups is 1. The SMILES string of the molecule is CCOC(=O)CCCCCCNC(=NC)N1CCc2cc(OC)c(OC)cc2C1. The van der Waals surface area contributed by atoms with Crippen LogP contribution in [0.15, 0.2) is 17.1 Å². The van der Waals surface area contributed by atoms with Crippen molar-refractivity contribution >= 4 is 11.9 Å². The molecule has 1 aromatic carbocycles. The molecule has 0 aromatic heterocycles. The minimum absolute atomic E-state index is 0.0920. The lowest BCUT2D eigenvalue weighted by Crippen LogP contribution is -2.44. The van der Waals surface area contributed by atoms with Gasteiger partial charge in [0.2, 0.25) is 0 Å². The number of fused-ring (bicyclic) bond motifs is 1. The lowest BCUT2D eigenvalue weighted by Gasteiger charge is -2.32. The predicted molar refractivity (Wildman–Crippen MR) is 115 cm³/mol. The first-order chi connectivity index (χ1) is 14.1. The first-order valence-electron chi connectivity index (χ1n) is 10.5. The highest BCUT2D eigenvalue weighted by Gasteiger charge is 2.21. The van der Waals surface area contributed by atoms with Gasteiger partial charge >= 0.3 is 5.97 Å². The molecule has 0 amide bonds. The van der Waals surface area contributed by atoms with Crippen LogP contribution in [-0.4, -0.2) is 57.8 Å². The van der Waals surface area contributed by atoms with Gasteiger partial charge in [0.1, 0.15) is 0 Å². The number of nitrogens with zero attached hydrogens (tertiary/aromatic N) is 2. The molecule has 1 aliphatic rings. The highest BCUT2D eigenvalue weighted by atomic mass is 16.5. The van der Waals surface area contributed by atoms with Gasteiger partial charge in [0.25, 0.3) is 0 Å². The van der Waals surface area contributed by atoms with Crippen molar-refractivity contribution < 1.29 is 19.0 Å². The minimum Gasteiger partial charge on any atom is -0.493 e. The quantitative estimate of drug-likeness (QED) is 0.279. The summed E-state index contributed by atoms with van der Waals surface area (Å²) in [5.74, 6) is 2.38. The van der Waals surface area contributed by atoms with Crippen LogP contribution in [0.5, 0.6) is 11.5 Å². The number of benzene rings is 1. The zero-order chi connectivity index (χ0) is 21.1. The summed E-state index contributed by atoms with van der Waals surface area (Å²) in [6, 6.07) is 4.15. The molecule has 29 heavy (non-hydrogen) atoms. The summed E-state index contributed by atoms with van der Waals surface area (Å²) in [4.78, 5) is 18.1. The Balaban J connectivity index is 1.76. The van der Waals surface area contributed by atoms with Gasteiger partial charge in [-0.25, -0.2) is 0 Å². The zero-order valence-corrected chi connectivity index (χ0v) is 18.3. The second-order valence-electron chi connectivity index (χ2n) is 7.09. The highest BCUT2D eigenvalue weighted by Crippen LogP contribution is 2.33. The van der Waals surface area contributed by atoms with E-state index in [1.54, 1.807) is 14.2 Å². The summed E-state index contributed by atoms with van der Waals surface area (Å²) in [6.45, 7) is 4.89. The maximum atomic E-state index is 11.3. The van der Waals surface area contributed by atoms with Crippen LogP contribution in [0.25, 0.3) is 0 Å². The standard InChI is InChI=1S/C22H35N3O4/c1-5-29-21(26)10-8-6-7-9-12-24-22(23-2)25-13-11-17-14-19(27-3)20(28-4)15-18(17)16-25/h14-15H,5-13,16H2,1-4H3,(H,23,24). The molecule has 1 N–H and O–H groups in total. The van der Waals surface area contributed by atoms with E-state index in [1.807, 2.05) is 14.0 Å². The lowest BCUT2D eigenvalue weighted by molar-refractivity contribution is -0.143. The van der Waals surface area contributed by atoms with Crippen molar-refractivity contribution in [1.82, 2.24) is 10.2 Å². The normalized spacial score (nSPS) is 13.7. The van der Waals surface area contributed by atoms with Crippen LogP contribution < -0.4 is 14.8 Å². The first kappa shape index (κ1) is 22.8. The van der Waals surface area contributed by atoms with E-state index in [2.05, 4.69) is 27.3 Å². The van der Waals surface area contributed by atoms with Gasteiger partial charge in [0.05, 0.1) is 20.8 Å². The first-order valence-corrected chi connectivity index (χ1v) is 10.5. The molecule has 162 valence electrons. The van der Waals surface area contributed by atoms with Gasteiger partial charge < -0.3 is 24.4 Å². The van der Waals surface area contributed by atoms with Crippen LogP contribution in [0.2, 0.25) is 0 Å². The van der Waals surface area contributed by atoms with Crippen LogP contribution in [0.4, 0.5) is 0 Å². The van der Waals surface area contributed by atoms with Crippen molar-refractivity contribution in [3.05, 3.63) is 23.3 Å². The molecule has 2 rings (SSSR count). The molecule has 7 heteroatoms. The number of aliphatic imine (C=N–C) groups is 1. The summed E-state index contributed by atoms with van der Waals surface area (Å²) < 4.78 is 15.8. The van der Waals surface area contributed by atoms with E-state index < -0.39 is 0 Å². The van der Waals surface area contributed by atoms with E-state index in [1.165, 1.54) is 11.1 Å². The minimum atomic E-state index is -0.0920. The number of esters is 1. The van der Waals surface area contributed by atoms with Gasteiger partial charge in [-0.3, -0.25) is 9.79 Å². The number of hydrogen-bond acceptors (Lipinski definition) is 5. The molecule has 1 aliphatic heterocycles. The molecule has 1 heterocycles. The zero-order valence-electron chi connectivity index (χ0n) is 18.3. The maximum absolute atomic E-state index is 11.3. The van der Waals surface area contributed by atoms with Gasteiger partial charge in [-0.05, 0) is 49.4 Å². The van der Waals surface area contributed by atoms with Gasteiger partial charge in [0.15, 0.2) is 17.5 Å². The number of unbranched alkanes of at least 4 members (excludes halogenated alkanes) is 3. The maximum Gasteiger partial charge on any atom is 0.305 e. The number of rotatable bonds is 10. The monoisotopic (exact) mass is 405 g/mol. The fraction of sp³-hybridized carbons (Fsp3) is 0.636. The largest absolute Gasteiger partial charge is 0.493 e. The Morgan fingerprint density at radius 2 is 1.79 bits per heavy atom. The third-order valence-electron chi connectivity index (χ3n) is 5.13. The second kappa shape index (κ2) is 12.2. The Bertz CT molecular complexity index is 691. The molecule has 0 aliphatic carbocycles. The summed E-state index contributed by atoms with van der Waals surface area (Å²) in [7, 11) is 5.16. The molecule has 0 bridgehead atoms. The van der Waals surface area contributed by atoms with Crippen molar-refractivity contribution in [3.8, 4) is 11.5 Å². The van der Waals surface area contributed by atoms with Crippen LogP contribution in [0.3, 0.4) is 0 Å². The molecular weight excluding hydrogens is 370 g/mol. The van der Waals surface area contributed by atoms with Crippen molar-refractivity contribution in [2.75, 3.05) is 41.0 Å². The molecule has 0 spiro atoms. The van der Waals surface area contributed by atoms with Crippen molar-refractivity contribution in [2.24, 2.45) is 4.99 Å². The molecule has 7 nitrogen and oxygen atoms in total. The fourth-order valence-corrected chi connectivity index (χ4v) is 3.58. The van der Waals surface area contributed by atoms with Crippen molar-refractivity contribution in [2.45, 2.75) is 52.0 Å². The van der Waals surface area contributed by atoms with E-state index in [0.29, 0.717) is 13.0 Å². The molecule has 0 radical (unpaired) electrons. The number of ether oxygens (including phenoxy) is 3. The summed E-state index contributed by atoms with van der Waals surface area (Å²) >= 11 is 0. The van der Waals surface area contributed by atoms with E-state index in [4.69, 9.17) is 14.2 Å². The lowest BCUT2D eigenvalue weighted by atomic mass is 9.99. The van der Waals surface area contributed by atoms with Crippen molar-refractivity contribution in [1.29, 1.82) is 0 Å². The number of hydrogen-bond donors (Lipinski definition) is 1. The second-order valence-corrected chi connectivity index (χ2v) is 7.09. The predicted octanol–water partition coefficient (Wildman–Crippen LogP) is 3.15. The van der Waals surface area contributed by atoms with E-state index in [-0.39, 0.29) is 5.97 Å². The van der Waals surface area contributed by atoms with E-state index >= 15 is 0 Å². The molecule has 1 aromatic rings. The topological polar surface area (TPSA) is 72.4 Å². The van der Waals surface area contributed by atoms with Gasteiger partial charge in [-0.2, -0.15) is 0 Å². The van der Waals surface area contributed by atoms with Gasteiger partial charge in [-0.15, -0.1) is 0 Å². The third-order valence-corrected chi connectivity index (χ3v) is 5.13. The average Bonchev–Trinajstić information content (AvgIpc) is 2.74. The van der Waals surface area contributed by atoms with Gasteiger partial charge in [-0.1, -0.05) is 12.8 Å². The Labute approximate surface area is 174 Å². The Hall–Kier alpha value is -2.44. The number of nitrogens with one attached hydrogen (secondary N) is 1. The number of guanidine groups is 1. The van der Waals surface area contributed by atoms with Crippen LogP contribution in [0.1, 0.15) is 50.2 Å². The third kappa shape index (κ3) is 6.84. The molecule has 0 atom stereocenters. The molecule has 0 unspecified atom stereocenters. The fourth-order valence-electron chi connectivity index (χ4n) is 3.58. The summed E-state index contributed by atoms with van der Waals surface area (Å²) in [5, 5.41) is 3.47. The van der Waals surface area contributed by atoms with Crippen LogP contribution >= 0.6 is 0 Å². The molecule has 0 saturated heterocycles. The molecule has 0 fully saturated rings. The van der Waals surface area contributed by atoms with Gasteiger partial charge in [0, 0.05) is 33.1 Å². The average molecular weight is 406 g/mol. The van der Waals surface area contributed by atoms with Crippen LogP contribution in [-0.2, 0) is 22.5 Å². The molecule has 0 saturated carbocycles. The Kier molecular flexibility index (Phi) is 9.60. The number of methoxy groups -OCH3 is 2. The Morgan fingerprint density at radius 1 is 1.10 bits per heavy atom. The van der Waals surface area contributed by atoms with E-state index in [9.17, 15) is 4.79 Å².